The minimum atomic E-state index is -1.29. The third-order valence-electron chi connectivity index (χ3n) is 3.38. The van der Waals surface area contributed by atoms with Gasteiger partial charge in [0.1, 0.15) is 5.82 Å². The highest BCUT2D eigenvalue weighted by atomic mass is 32.2. The molecular weight excluding hydrogens is 293 g/mol. The molecule has 0 saturated carbocycles. The molecule has 0 spiro atoms. The van der Waals surface area contributed by atoms with Crippen LogP contribution in [-0.4, -0.2) is 33.9 Å². The van der Waals surface area contributed by atoms with E-state index in [1.165, 1.54) is 34.9 Å². The van der Waals surface area contributed by atoms with E-state index in [-0.39, 0.29) is 16.7 Å². The fourth-order valence-corrected chi connectivity index (χ4v) is 4.00. The van der Waals surface area contributed by atoms with Gasteiger partial charge in [0, 0.05) is 5.75 Å². The molecule has 1 fully saturated rings. The first-order valence-electron chi connectivity index (χ1n) is 6.81. The zero-order valence-electron chi connectivity index (χ0n) is 11.9. The zero-order valence-corrected chi connectivity index (χ0v) is 12.7. The summed E-state index contributed by atoms with van der Waals surface area (Å²) in [6.07, 6.45) is 0.661. The van der Waals surface area contributed by atoms with Gasteiger partial charge in [0.15, 0.2) is 0 Å². The quantitative estimate of drug-likeness (QED) is 0.846. The summed E-state index contributed by atoms with van der Waals surface area (Å²) in [5, 5.41) is 11.0. The Kier molecular flexibility index (Phi) is 4.88. The number of carbonyl (C=O) groups is 2. The van der Waals surface area contributed by atoms with Gasteiger partial charge < -0.3 is 14.8 Å². The number of nitrogens with zero attached hydrogens (tertiary/aromatic N) is 1. The maximum atomic E-state index is 13.8. The van der Waals surface area contributed by atoms with E-state index < -0.39 is 23.7 Å². The van der Waals surface area contributed by atoms with Crippen molar-refractivity contribution < 1.29 is 19.1 Å². The zero-order chi connectivity index (χ0) is 15.6. The molecule has 1 aromatic carbocycles. The van der Waals surface area contributed by atoms with Crippen LogP contribution in [0.25, 0.3) is 0 Å². The number of hydrogen-bond donors (Lipinski definition) is 0. The number of amides is 1. The first-order valence-corrected chi connectivity index (χ1v) is 7.86. The summed E-state index contributed by atoms with van der Waals surface area (Å²) >= 11 is 1.41. The van der Waals surface area contributed by atoms with E-state index in [4.69, 9.17) is 0 Å². The Balaban J connectivity index is 2.32. The second-order valence-electron chi connectivity index (χ2n) is 5.44. The standard InChI is InChI=1S/C15H18FNO3S/c1-9(2)7-13-17(12(8-21-13)15(19)20)14(18)10-5-3-4-6-11(10)16/h3-6,9,12-13H,7-8H2,1-2H3,(H,19,20)/p-1/t12-,13-/m0/s1. The largest absolute Gasteiger partial charge is 0.548 e. The lowest BCUT2D eigenvalue weighted by atomic mass is 10.1. The number of carboxylic acid groups (broad SMARTS) is 1. The lowest BCUT2D eigenvalue weighted by Gasteiger charge is -2.31. The molecule has 21 heavy (non-hydrogen) atoms. The lowest BCUT2D eigenvalue weighted by molar-refractivity contribution is -0.310. The topological polar surface area (TPSA) is 60.4 Å². The molecule has 0 aromatic heterocycles. The number of carboxylic acids is 1. The van der Waals surface area contributed by atoms with Crippen molar-refractivity contribution in [2.75, 3.05) is 5.75 Å². The highest BCUT2D eigenvalue weighted by molar-refractivity contribution is 8.00. The first kappa shape index (κ1) is 15.8. The average molecular weight is 310 g/mol. The van der Waals surface area contributed by atoms with E-state index >= 15 is 0 Å². The van der Waals surface area contributed by atoms with Gasteiger partial charge in [-0.2, -0.15) is 0 Å². The predicted molar refractivity (Wildman–Crippen MR) is 77.1 cm³/mol. The first-order chi connectivity index (χ1) is 9.91. The van der Waals surface area contributed by atoms with Crippen molar-refractivity contribution in [2.45, 2.75) is 31.7 Å². The predicted octanol–water partition coefficient (Wildman–Crippen LogP) is 1.51. The highest BCUT2D eigenvalue weighted by Gasteiger charge is 2.39. The van der Waals surface area contributed by atoms with Crippen molar-refractivity contribution in [2.24, 2.45) is 5.92 Å². The van der Waals surface area contributed by atoms with Gasteiger partial charge >= 0.3 is 0 Å². The van der Waals surface area contributed by atoms with Gasteiger partial charge in [-0.25, -0.2) is 4.39 Å². The summed E-state index contributed by atoms with van der Waals surface area (Å²) in [5.74, 6) is -1.94. The fourth-order valence-electron chi connectivity index (χ4n) is 2.38. The Hall–Kier alpha value is -1.56. The van der Waals surface area contributed by atoms with Crippen molar-refractivity contribution in [3.63, 3.8) is 0 Å². The molecular formula is C15H17FNO3S-. The van der Waals surface area contributed by atoms with Gasteiger partial charge in [0.05, 0.1) is 22.9 Å². The highest BCUT2D eigenvalue weighted by Crippen LogP contribution is 2.34. The van der Waals surface area contributed by atoms with Gasteiger partial charge in [0.2, 0.25) is 0 Å². The molecule has 1 aliphatic heterocycles. The molecule has 0 bridgehead atoms. The van der Waals surface area contributed by atoms with Gasteiger partial charge in [-0.1, -0.05) is 26.0 Å². The van der Waals surface area contributed by atoms with Crippen LogP contribution in [0.2, 0.25) is 0 Å². The molecule has 2 atom stereocenters. The monoisotopic (exact) mass is 310 g/mol. The number of carbonyl (C=O) groups excluding carboxylic acids is 2. The van der Waals surface area contributed by atoms with Gasteiger partial charge in [-0.05, 0) is 24.5 Å². The third-order valence-corrected chi connectivity index (χ3v) is 4.69. The number of benzene rings is 1. The maximum Gasteiger partial charge on any atom is 0.258 e. The van der Waals surface area contributed by atoms with Crippen molar-refractivity contribution in [1.29, 1.82) is 0 Å². The van der Waals surface area contributed by atoms with Crippen molar-refractivity contribution in [3.8, 4) is 0 Å². The number of hydrogen-bond acceptors (Lipinski definition) is 4. The van der Waals surface area contributed by atoms with Crippen molar-refractivity contribution in [3.05, 3.63) is 35.6 Å². The molecule has 0 N–H and O–H groups in total. The second-order valence-corrected chi connectivity index (χ2v) is 6.66. The Morgan fingerprint density at radius 1 is 1.43 bits per heavy atom. The van der Waals surface area contributed by atoms with Crippen molar-refractivity contribution in [1.82, 2.24) is 4.90 Å². The second kappa shape index (κ2) is 6.47. The molecule has 1 amide bonds. The Morgan fingerprint density at radius 2 is 2.10 bits per heavy atom. The summed E-state index contributed by atoms with van der Waals surface area (Å²) in [6, 6.07) is 4.62. The average Bonchev–Trinajstić information content (AvgIpc) is 2.81. The van der Waals surface area contributed by atoms with Crippen LogP contribution in [-0.2, 0) is 4.79 Å². The number of rotatable bonds is 4. The minimum Gasteiger partial charge on any atom is -0.548 e. The smallest absolute Gasteiger partial charge is 0.258 e. The Labute approximate surface area is 127 Å². The van der Waals surface area contributed by atoms with E-state index in [0.29, 0.717) is 12.3 Å². The summed E-state index contributed by atoms with van der Waals surface area (Å²) in [5.41, 5.74) is -0.0972. The van der Waals surface area contributed by atoms with Crippen LogP contribution in [0.1, 0.15) is 30.6 Å². The van der Waals surface area contributed by atoms with Crippen LogP contribution in [0, 0.1) is 11.7 Å². The van der Waals surface area contributed by atoms with Crippen molar-refractivity contribution >= 4 is 23.6 Å². The van der Waals surface area contributed by atoms with Crippen LogP contribution < -0.4 is 5.11 Å². The van der Waals surface area contributed by atoms with Gasteiger partial charge in [0.25, 0.3) is 5.91 Å². The van der Waals surface area contributed by atoms with E-state index in [1.807, 2.05) is 13.8 Å². The minimum absolute atomic E-state index is 0.0972. The molecule has 0 aliphatic carbocycles. The lowest BCUT2D eigenvalue weighted by Crippen LogP contribution is -2.51. The van der Waals surface area contributed by atoms with E-state index in [0.717, 1.165) is 0 Å². The van der Waals surface area contributed by atoms with Crippen LogP contribution in [0.5, 0.6) is 0 Å². The van der Waals surface area contributed by atoms with E-state index in [2.05, 4.69) is 0 Å². The molecule has 1 heterocycles. The van der Waals surface area contributed by atoms with Crippen LogP contribution in [0.3, 0.4) is 0 Å². The molecule has 1 aliphatic rings. The van der Waals surface area contributed by atoms with Gasteiger partial charge in [-0.3, -0.25) is 4.79 Å². The van der Waals surface area contributed by atoms with Crippen LogP contribution in [0.15, 0.2) is 24.3 Å². The molecule has 6 heteroatoms. The molecule has 0 radical (unpaired) electrons. The van der Waals surface area contributed by atoms with E-state index in [9.17, 15) is 19.1 Å². The molecule has 1 saturated heterocycles. The third kappa shape index (κ3) is 3.37. The Morgan fingerprint density at radius 3 is 2.67 bits per heavy atom. The fraction of sp³-hybridized carbons (Fsp3) is 0.467. The summed E-state index contributed by atoms with van der Waals surface area (Å²) in [7, 11) is 0. The van der Waals surface area contributed by atoms with Gasteiger partial charge in [-0.15, -0.1) is 11.8 Å². The molecule has 1 aromatic rings. The maximum absolute atomic E-state index is 13.8. The SMILES string of the molecule is CC(C)C[C@@H]1SC[C@@H](C(=O)[O-])N1C(=O)c1ccccc1F. The summed E-state index contributed by atoms with van der Waals surface area (Å²) in [4.78, 5) is 25.1. The number of thioether (sulfide) groups is 1. The summed E-state index contributed by atoms with van der Waals surface area (Å²) in [6.45, 7) is 4.00. The molecule has 114 valence electrons. The summed E-state index contributed by atoms with van der Waals surface area (Å²) < 4.78 is 13.8. The Bertz CT molecular complexity index is 549. The molecule has 2 rings (SSSR count). The molecule has 4 nitrogen and oxygen atoms in total. The number of aliphatic carboxylic acids is 1. The van der Waals surface area contributed by atoms with Crippen LogP contribution in [0.4, 0.5) is 4.39 Å². The van der Waals surface area contributed by atoms with E-state index in [1.54, 1.807) is 6.07 Å². The number of halogens is 1. The normalized spacial score (nSPS) is 21.8. The van der Waals surface area contributed by atoms with Crippen LogP contribution >= 0.6 is 11.8 Å². The molecule has 0 unspecified atom stereocenters.